The van der Waals surface area contributed by atoms with E-state index in [-0.39, 0.29) is 34.9 Å². The van der Waals surface area contributed by atoms with E-state index < -0.39 is 17.8 Å². The molecule has 2 aromatic heterocycles. The Hall–Kier alpha value is -3.40. The molecule has 2 heterocycles. The number of aromatic amines is 1. The Labute approximate surface area is 192 Å². The van der Waals surface area contributed by atoms with Gasteiger partial charge in [-0.15, -0.1) is 0 Å². The van der Waals surface area contributed by atoms with Crippen molar-refractivity contribution >= 4 is 29.4 Å². The molecule has 0 bridgehead atoms. The fourth-order valence-corrected chi connectivity index (χ4v) is 3.14. The number of anilines is 1. The lowest BCUT2D eigenvalue weighted by molar-refractivity contribution is -0.141. The highest BCUT2D eigenvalue weighted by molar-refractivity contribution is 6.34. The number of halogens is 4. The molecule has 0 aliphatic rings. The number of hydrogen-bond donors (Lipinski definition) is 3. The third-order valence-electron chi connectivity index (χ3n) is 4.73. The van der Waals surface area contributed by atoms with E-state index in [0.717, 1.165) is 12.3 Å². The molecule has 7 nitrogen and oxygen atoms in total. The van der Waals surface area contributed by atoms with E-state index in [9.17, 15) is 22.8 Å². The molecule has 2 amide bonds. The van der Waals surface area contributed by atoms with Gasteiger partial charge in [0.1, 0.15) is 5.69 Å². The van der Waals surface area contributed by atoms with Crippen LogP contribution in [0.2, 0.25) is 5.02 Å². The molecule has 33 heavy (non-hydrogen) atoms. The molecule has 0 atom stereocenters. The van der Waals surface area contributed by atoms with E-state index >= 15 is 0 Å². The Morgan fingerprint density at radius 1 is 1.18 bits per heavy atom. The van der Waals surface area contributed by atoms with Crippen molar-refractivity contribution in [2.24, 2.45) is 5.92 Å². The molecule has 0 fully saturated rings. The molecular weight excluding hydrogens is 459 g/mol. The van der Waals surface area contributed by atoms with Crippen LogP contribution in [-0.4, -0.2) is 26.8 Å². The van der Waals surface area contributed by atoms with Crippen molar-refractivity contribution < 1.29 is 22.8 Å². The van der Waals surface area contributed by atoms with E-state index in [4.69, 9.17) is 11.6 Å². The maximum absolute atomic E-state index is 12.8. The Balaban J connectivity index is 1.76. The Bertz CT molecular complexity index is 1170. The van der Waals surface area contributed by atoms with Gasteiger partial charge in [0.15, 0.2) is 0 Å². The monoisotopic (exact) mass is 479 g/mol. The maximum Gasteiger partial charge on any atom is 0.433 e. The van der Waals surface area contributed by atoms with Gasteiger partial charge in [0.25, 0.3) is 5.91 Å². The zero-order chi connectivity index (χ0) is 24.3. The van der Waals surface area contributed by atoms with Gasteiger partial charge >= 0.3 is 6.18 Å². The van der Waals surface area contributed by atoms with Crippen LogP contribution in [0.5, 0.6) is 0 Å². The molecule has 3 rings (SSSR count). The molecule has 0 radical (unpaired) electrons. The number of alkyl halides is 3. The SMILES string of the molecule is Cc1nc(NC(=O)c2cc(CNC(=O)C(C)C)ccc2Cl)[nH]c1-c1ccc(C(F)(F)F)nc1. The highest BCUT2D eigenvalue weighted by Gasteiger charge is 2.32. The molecule has 3 aromatic rings. The second kappa shape index (κ2) is 9.62. The summed E-state index contributed by atoms with van der Waals surface area (Å²) in [6.07, 6.45) is -3.45. The lowest BCUT2D eigenvalue weighted by atomic mass is 10.1. The van der Waals surface area contributed by atoms with Gasteiger partial charge in [0.2, 0.25) is 11.9 Å². The van der Waals surface area contributed by atoms with Crippen LogP contribution in [0.15, 0.2) is 36.5 Å². The quantitative estimate of drug-likeness (QED) is 0.464. The third kappa shape index (κ3) is 5.89. The second-order valence-electron chi connectivity index (χ2n) is 7.62. The number of amides is 2. The van der Waals surface area contributed by atoms with Crippen LogP contribution < -0.4 is 10.6 Å². The predicted octanol–water partition coefficient (Wildman–Crippen LogP) is 4.98. The summed E-state index contributed by atoms with van der Waals surface area (Å²) in [5.41, 5.74) is 1.13. The lowest BCUT2D eigenvalue weighted by Crippen LogP contribution is -2.27. The van der Waals surface area contributed by atoms with E-state index in [1.807, 2.05) is 0 Å². The van der Waals surface area contributed by atoms with Crippen molar-refractivity contribution in [1.82, 2.24) is 20.3 Å². The highest BCUT2D eigenvalue weighted by Crippen LogP contribution is 2.30. The molecule has 0 saturated carbocycles. The number of carbonyl (C=O) groups is 2. The van der Waals surface area contributed by atoms with Crippen LogP contribution >= 0.6 is 11.6 Å². The molecule has 0 spiro atoms. The van der Waals surface area contributed by atoms with Crippen LogP contribution in [0.1, 0.15) is 41.2 Å². The molecule has 3 N–H and O–H groups in total. The number of aromatic nitrogens is 3. The smallest absolute Gasteiger partial charge is 0.352 e. The fourth-order valence-electron chi connectivity index (χ4n) is 2.93. The van der Waals surface area contributed by atoms with Gasteiger partial charge in [-0.2, -0.15) is 13.2 Å². The van der Waals surface area contributed by atoms with E-state index in [2.05, 4.69) is 25.6 Å². The van der Waals surface area contributed by atoms with Gasteiger partial charge in [-0.25, -0.2) is 4.98 Å². The zero-order valence-electron chi connectivity index (χ0n) is 18.0. The largest absolute Gasteiger partial charge is 0.433 e. The number of nitrogens with zero attached hydrogens (tertiary/aromatic N) is 2. The summed E-state index contributed by atoms with van der Waals surface area (Å²) < 4.78 is 38.2. The summed E-state index contributed by atoms with van der Waals surface area (Å²) in [5.74, 6) is -0.728. The molecule has 0 aliphatic heterocycles. The Kier molecular flexibility index (Phi) is 7.06. The number of carbonyl (C=O) groups excluding carboxylic acids is 2. The normalized spacial score (nSPS) is 11.5. The number of rotatable bonds is 6. The fraction of sp³-hybridized carbons (Fsp3) is 0.273. The first-order valence-electron chi connectivity index (χ1n) is 9.93. The standard InChI is InChI=1S/C22H21ClF3N5O2/c1-11(2)19(32)28-9-13-4-6-16(23)15(8-13)20(33)31-21-29-12(3)18(30-21)14-5-7-17(27-10-14)22(24,25)26/h4-8,10-11H,9H2,1-3H3,(H,28,32)(H2,29,30,31,33). The van der Waals surface area contributed by atoms with Crippen molar-refractivity contribution in [3.8, 4) is 11.3 Å². The summed E-state index contributed by atoms with van der Waals surface area (Å²) in [6.45, 7) is 5.43. The summed E-state index contributed by atoms with van der Waals surface area (Å²) in [5, 5.41) is 5.58. The molecule has 1 aromatic carbocycles. The van der Waals surface area contributed by atoms with Crippen molar-refractivity contribution in [2.75, 3.05) is 5.32 Å². The van der Waals surface area contributed by atoms with E-state index in [1.54, 1.807) is 39.0 Å². The van der Waals surface area contributed by atoms with Crippen molar-refractivity contribution in [2.45, 2.75) is 33.5 Å². The van der Waals surface area contributed by atoms with Crippen LogP contribution in [0.3, 0.4) is 0 Å². The van der Waals surface area contributed by atoms with Gasteiger partial charge in [-0.3, -0.25) is 19.9 Å². The van der Waals surface area contributed by atoms with Gasteiger partial charge in [0.05, 0.1) is 22.0 Å². The Morgan fingerprint density at radius 3 is 2.52 bits per heavy atom. The zero-order valence-corrected chi connectivity index (χ0v) is 18.7. The molecule has 174 valence electrons. The molecule has 0 aliphatic carbocycles. The summed E-state index contributed by atoms with van der Waals surface area (Å²) in [6, 6.07) is 6.96. The second-order valence-corrected chi connectivity index (χ2v) is 8.02. The number of benzene rings is 1. The van der Waals surface area contributed by atoms with Gasteiger partial charge in [-0.05, 0) is 36.8 Å². The van der Waals surface area contributed by atoms with Crippen LogP contribution in [0, 0.1) is 12.8 Å². The summed E-state index contributed by atoms with van der Waals surface area (Å²) in [4.78, 5) is 35.1. The van der Waals surface area contributed by atoms with E-state index in [1.165, 1.54) is 6.07 Å². The molecular formula is C22H21ClF3N5O2. The average Bonchev–Trinajstić information content (AvgIpc) is 3.12. The van der Waals surface area contributed by atoms with Crippen molar-refractivity contribution in [1.29, 1.82) is 0 Å². The highest BCUT2D eigenvalue weighted by atomic mass is 35.5. The van der Waals surface area contributed by atoms with Crippen LogP contribution in [-0.2, 0) is 17.5 Å². The average molecular weight is 480 g/mol. The number of hydrogen-bond acceptors (Lipinski definition) is 4. The minimum Gasteiger partial charge on any atom is -0.352 e. The van der Waals surface area contributed by atoms with Gasteiger partial charge < -0.3 is 10.3 Å². The van der Waals surface area contributed by atoms with Gasteiger partial charge in [0, 0.05) is 24.2 Å². The molecule has 11 heteroatoms. The lowest BCUT2D eigenvalue weighted by Gasteiger charge is -2.10. The number of pyridine rings is 1. The molecule has 0 unspecified atom stereocenters. The van der Waals surface area contributed by atoms with Gasteiger partial charge in [-0.1, -0.05) is 31.5 Å². The minimum absolute atomic E-state index is 0.0991. The first kappa shape index (κ1) is 24.2. The first-order valence-corrected chi connectivity index (χ1v) is 10.3. The number of aryl methyl sites for hydroxylation is 1. The predicted molar refractivity (Wildman–Crippen MR) is 118 cm³/mol. The van der Waals surface area contributed by atoms with Crippen LogP contribution in [0.4, 0.5) is 19.1 Å². The van der Waals surface area contributed by atoms with E-state index in [0.29, 0.717) is 22.5 Å². The minimum atomic E-state index is -4.54. The van der Waals surface area contributed by atoms with Crippen molar-refractivity contribution in [3.63, 3.8) is 0 Å². The van der Waals surface area contributed by atoms with Crippen LogP contribution in [0.25, 0.3) is 11.3 Å². The van der Waals surface area contributed by atoms with Crippen molar-refractivity contribution in [3.05, 3.63) is 64.1 Å². The number of H-pyrrole nitrogens is 1. The summed E-state index contributed by atoms with van der Waals surface area (Å²) >= 11 is 6.18. The number of nitrogens with one attached hydrogen (secondary N) is 3. The molecule has 0 saturated heterocycles. The summed E-state index contributed by atoms with van der Waals surface area (Å²) in [7, 11) is 0. The third-order valence-corrected chi connectivity index (χ3v) is 5.06. The maximum atomic E-state index is 12.8. The number of imidazole rings is 1. The topological polar surface area (TPSA) is 99.8 Å². The Morgan fingerprint density at radius 2 is 1.91 bits per heavy atom. The first-order chi connectivity index (χ1) is 15.5.